The average Bonchev–Trinajstić information content (AvgIpc) is 3.00. The van der Waals surface area contributed by atoms with Crippen LogP contribution < -0.4 is 10.1 Å². The van der Waals surface area contributed by atoms with Gasteiger partial charge in [0, 0.05) is 19.4 Å². The predicted molar refractivity (Wildman–Crippen MR) is 79.0 cm³/mol. The van der Waals surface area contributed by atoms with Crippen LogP contribution >= 0.6 is 0 Å². The van der Waals surface area contributed by atoms with Crippen LogP contribution in [-0.2, 0) is 17.6 Å². The molecule has 0 radical (unpaired) electrons. The number of carbonyl (C=O) groups excluding carboxylic acids is 1. The number of nitrogens with one attached hydrogen (secondary N) is 2. The third kappa shape index (κ3) is 4.91. The molecule has 0 saturated heterocycles. The molecule has 1 aromatic heterocycles. The summed E-state index contributed by atoms with van der Waals surface area (Å²) in [6.45, 7) is 3.13. The van der Waals surface area contributed by atoms with E-state index >= 15 is 0 Å². The number of hydrogen-bond donors (Lipinski definition) is 2. The highest BCUT2D eigenvalue weighted by Gasteiger charge is 2.06. The molecule has 0 fully saturated rings. The number of aromatic amines is 1. The number of hydrogen-bond acceptors (Lipinski definition) is 4. The maximum atomic E-state index is 11.8. The van der Waals surface area contributed by atoms with Gasteiger partial charge in [0.25, 0.3) is 0 Å². The van der Waals surface area contributed by atoms with Gasteiger partial charge in [-0.15, -0.1) is 0 Å². The molecule has 0 unspecified atom stereocenters. The first-order chi connectivity index (χ1) is 10.3. The summed E-state index contributed by atoms with van der Waals surface area (Å²) in [7, 11) is 0. The third-order valence-electron chi connectivity index (χ3n) is 3.04. The van der Waals surface area contributed by atoms with E-state index in [9.17, 15) is 4.79 Å². The molecular formula is C15H20N4O2. The fourth-order valence-corrected chi connectivity index (χ4v) is 2.01. The van der Waals surface area contributed by atoms with Gasteiger partial charge in [0.15, 0.2) is 0 Å². The Morgan fingerprint density at radius 3 is 2.95 bits per heavy atom. The van der Waals surface area contributed by atoms with Gasteiger partial charge in [0.2, 0.25) is 5.91 Å². The molecule has 1 amide bonds. The molecule has 0 aliphatic carbocycles. The number of rotatable bonds is 8. The van der Waals surface area contributed by atoms with Crippen LogP contribution in [0, 0.1) is 0 Å². The van der Waals surface area contributed by atoms with Gasteiger partial charge in [-0.25, -0.2) is 4.98 Å². The quantitative estimate of drug-likeness (QED) is 0.771. The van der Waals surface area contributed by atoms with Gasteiger partial charge in [-0.05, 0) is 25.0 Å². The van der Waals surface area contributed by atoms with Gasteiger partial charge in [0.05, 0.1) is 6.61 Å². The van der Waals surface area contributed by atoms with E-state index in [1.54, 1.807) is 0 Å². The van der Waals surface area contributed by atoms with Crippen LogP contribution in [0.15, 0.2) is 30.6 Å². The molecule has 1 aromatic carbocycles. The summed E-state index contributed by atoms with van der Waals surface area (Å²) >= 11 is 0. The molecule has 21 heavy (non-hydrogen) atoms. The molecule has 0 spiro atoms. The Balaban J connectivity index is 1.73. The van der Waals surface area contributed by atoms with Crippen molar-refractivity contribution in [1.82, 2.24) is 20.5 Å². The fourth-order valence-electron chi connectivity index (χ4n) is 2.01. The van der Waals surface area contributed by atoms with Crippen LogP contribution in [0.5, 0.6) is 5.75 Å². The van der Waals surface area contributed by atoms with Gasteiger partial charge in [-0.2, -0.15) is 5.10 Å². The van der Waals surface area contributed by atoms with Crippen molar-refractivity contribution in [3.63, 3.8) is 0 Å². The van der Waals surface area contributed by atoms with Gasteiger partial charge < -0.3 is 10.1 Å². The smallest absolute Gasteiger partial charge is 0.220 e. The van der Waals surface area contributed by atoms with Crippen LogP contribution in [0.2, 0.25) is 0 Å². The van der Waals surface area contributed by atoms with E-state index in [1.807, 2.05) is 31.2 Å². The summed E-state index contributed by atoms with van der Waals surface area (Å²) in [6, 6.07) is 7.82. The number of H-pyrrole nitrogens is 1. The molecule has 1 heterocycles. The maximum Gasteiger partial charge on any atom is 0.220 e. The second-order valence-corrected chi connectivity index (χ2v) is 4.57. The van der Waals surface area contributed by atoms with Gasteiger partial charge in [-0.1, -0.05) is 18.2 Å². The zero-order chi connectivity index (χ0) is 14.9. The largest absolute Gasteiger partial charge is 0.494 e. The van der Waals surface area contributed by atoms with E-state index in [-0.39, 0.29) is 5.91 Å². The number of carbonyl (C=O) groups is 1. The highest BCUT2D eigenvalue weighted by atomic mass is 16.5. The second-order valence-electron chi connectivity index (χ2n) is 4.57. The van der Waals surface area contributed by atoms with Crippen molar-refractivity contribution >= 4 is 5.91 Å². The Labute approximate surface area is 123 Å². The lowest BCUT2D eigenvalue weighted by atomic mass is 10.1. The number of aryl methyl sites for hydroxylation is 1. The average molecular weight is 288 g/mol. The minimum absolute atomic E-state index is 0.0285. The van der Waals surface area contributed by atoms with E-state index in [1.165, 1.54) is 6.33 Å². The van der Waals surface area contributed by atoms with Gasteiger partial charge in [0.1, 0.15) is 17.9 Å². The van der Waals surface area contributed by atoms with Crippen molar-refractivity contribution in [3.05, 3.63) is 42.0 Å². The monoisotopic (exact) mass is 288 g/mol. The first-order valence-electron chi connectivity index (χ1n) is 7.11. The Morgan fingerprint density at radius 2 is 2.19 bits per heavy atom. The topological polar surface area (TPSA) is 79.9 Å². The van der Waals surface area contributed by atoms with Crippen molar-refractivity contribution in [3.8, 4) is 5.75 Å². The van der Waals surface area contributed by atoms with Crippen LogP contribution in [0.4, 0.5) is 0 Å². The molecule has 2 rings (SSSR count). The normalized spacial score (nSPS) is 10.3. The Hall–Kier alpha value is -2.37. The van der Waals surface area contributed by atoms with E-state index in [0.29, 0.717) is 32.4 Å². The molecule has 0 aliphatic heterocycles. The maximum absolute atomic E-state index is 11.8. The minimum Gasteiger partial charge on any atom is -0.494 e. The van der Waals surface area contributed by atoms with Gasteiger partial charge >= 0.3 is 0 Å². The number of nitrogens with zero attached hydrogens (tertiary/aromatic N) is 2. The standard InChI is InChI=1S/C15H20N4O2/c1-2-21-13-6-4-3-5-12(13)7-8-15(20)16-10-9-14-17-11-18-19-14/h3-6,11H,2,7-10H2,1H3,(H,16,20)(H,17,18,19). The SMILES string of the molecule is CCOc1ccccc1CCC(=O)NCCc1ncn[nH]1. The van der Waals surface area contributed by atoms with Crippen molar-refractivity contribution in [2.75, 3.05) is 13.2 Å². The minimum atomic E-state index is 0.0285. The lowest BCUT2D eigenvalue weighted by Gasteiger charge is -2.09. The third-order valence-corrected chi connectivity index (χ3v) is 3.04. The molecule has 0 aliphatic rings. The van der Waals surface area contributed by atoms with Crippen molar-refractivity contribution < 1.29 is 9.53 Å². The summed E-state index contributed by atoms with van der Waals surface area (Å²) in [5.74, 6) is 1.66. The molecule has 0 bridgehead atoms. The van der Waals surface area contributed by atoms with Gasteiger partial charge in [-0.3, -0.25) is 9.89 Å². The van der Waals surface area contributed by atoms with Crippen LogP contribution in [0.1, 0.15) is 24.7 Å². The zero-order valence-corrected chi connectivity index (χ0v) is 12.1. The molecule has 2 N–H and O–H groups in total. The highest BCUT2D eigenvalue weighted by molar-refractivity contribution is 5.76. The fraction of sp³-hybridized carbons (Fsp3) is 0.400. The summed E-state index contributed by atoms with van der Waals surface area (Å²) < 4.78 is 5.55. The zero-order valence-electron chi connectivity index (χ0n) is 12.1. The van der Waals surface area contributed by atoms with E-state index in [2.05, 4.69) is 20.5 Å². The van der Waals surface area contributed by atoms with Crippen molar-refractivity contribution in [2.45, 2.75) is 26.2 Å². The first-order valence-corrected chi connectivity index (χ1v) is 7.11. The Kier molecular flexibility index (Phi) is 5.75. The first kappa shape index (κ1) is 15.0. The molecule has 0 atom stereocenters. The molecular weight excluding hydrogens is 268 g/mol. The summed E-state index contributed by atoms with van der Waals surface area (Å²) in [4.78, 5) is 15.8. The second kappa shape index (κ2) is 8.04. The van der Waals surface area contributed by atoms with Crippen molar-refractivity contribution in [2.24, 2.45) is 0 Å². The summed E-state index contributed by atoms with van der Waals surface area (Å²) in [5.41, 5.74) is 1.06. The molecule has 6 nitrogen and oxygen atoms in total. The van der Waals surface area contributed by atoms with E-state index in [0.717, 1.165) is 17.1 Å². The lowest BCUT2D eigenvalue weighted by Crippen LogP contribution is -2.26. The number of aromatic nitrogens is 3. The number of ether oxygens (including phenoxy) is 1. The molecule has 0 saturated carbocycles. The van der Waals surface area contributed by atoms with E-state index < -0.39 is 0 Å². The summed E-state index contributed by atoms with van der Waals surface area (Å²) in [6.07, 6.45) is 3.23. The van der Waals surface area contributed by atoms with Crippen molar-refractivity contribution in [1.29, 1.82) is 0 Å². The number of para-hydroxylation sites is 1. The molecule has 112 valence electrons. The number of benzene rings is 1. The molecule has 6 heteroatoms. The van der Waals surface area contributed by atoms with Crippen LogP contribution in [0.3, 0.4) is 0 Å². The predicted octanol–water partition coefficient (Wildman–Crippen LogP) is 1.49. The summed E-state index contributed by atoms with van der Waals surface area (Å²) in [5, 5.41) is 9.40. The number of amides is 1. The van der Waals surface area contributed by atoms with Crippen LogP contribution in [-0.4, -0.2) is 34.2 Å². The Bertz CT molecular complexity index is 555. The highest BCUT2D eigenvalue weighted by Crippen LogP contribution is 2.19. The molecule has 2 aromatic rings. The van der Waals surface area contributed by atoms with Crippen LogP contribution in [0.25, 0.3) is 0 Å². The van der Waals surface area contributed by atoms with E-state index in [4.69, 9.17) is 4.74 Å². The lowest BCUT2D eigenvalue weighted by molar-refractivity contribution is -0.121. The Morgan fingerprint density at radius 1 is 1.33 bits per heavy atom.